The van der Waals surface area contributed by atoms with E-state index >= 15 is 0 Å². The van der Waals surface area contributed by atoms with E-state index in [0.717, 1.165) is 19.4 Å². The molecule has 38 heavy (non-hydrogen) atoms. The van der Waals surface area contributed by atoms with Gasteiger partial charge in [0.1, 0.15) is 29.4 Å². The Morgan fingerprint density at radius 1 is 0.816 bits per heavy atom. The lowest BCUT2D eigenvalue weighted by atomic mass is 10.1. The van der Waals surface area contributed by atoms with Crippen LogP contribution in [0.1, 0.15) is 25.0 Å². The molecular formula is C28H24Br2N2O6. The molecule has 3 aromatic carbocycles. The molecule has 1 aliphatic rings. The zero-order chi connectivity index (χ0) is 27.2. The van der Waals surface area contributed by atoms with Crippen molar-refractivity contribution in [2.45, 2.75) is 20.5 Å². The van der Waals surface area contributed by atoms with Gasteiger partial charge in [0.2, 0.25) is 0 Å². The van der Waals surface area contributed by atoms with Gasteiger partial charge in [-0.15, -0.1) is 0 Å². The lowest BCUT2D eigenvalue weighted by molar-refractivity contribution is -0.122. The molecule has 0 saturated carbocycles. The second-order valence-electron chi connectivity index (χ2n) is 8.05. The third-order valence-corrected chi connectivity index (χ3v) is 6.49. The summed E-state index contributed by atoms with van der Waals surface area (Å²) in [6.07, 6.45) is 1.41. The van der Waals surface area contributed by atoms with Gasteiger partial charge >= 0.3 is 6.03 Å². The largest absolute Gasteiger partial charge is 0.494 e. The van der Waals surface area contributed by atoms with Crippen molar-refractivity contribution < 1.29 is 28.6 Å². The zero-order valence-corrected chi connectivity index (χ0v) is 23.8. The van der Waals surface area contributed by atoms with E-state index in [1.165, 1.54) is 12.1 Å². The van der Waals surface area contributed by atoms with E-state index in [2.05, 4.69) is 37.2 Å². The quantitative estimate of drug-likeness (QED) is 0.219. The second kappa shape index (κ2) is 12.3. The number of amides is 4. The van der Waals surface area contributed by atoms with Crippen LogP contribution < -0.4 is 24.4 Å². The van der Waals surface area contributed by atoms with Gasteiger partial charge in [-0.25, -0.2) is 9.69 Å². The average molecular weight is 644 g/mol. The van der Waals surface area contributed by atoms with Crippen LogP contribution in [0.15, 0.2) is 75.2 Å². The first kappa shape index (κ1) is 27.4. The number of nitrogens with one attached hydrogen (secondary N) is 1. The third kappa shape index (κ3) is 6.25. The van der Waals surface area contributed by atoms with E-state index in [9.17, 15) is 14.4 Å². The SMILES string of the molecule is CCOc1ccc(OCC)c(N2C(=O)NC(=O)/C(=C\c3cc(Br)ccc3OCc3ccc(Br)cc3)C2=O)c1. The predicted octanol–water partition coefficient (Wildman–Crippen LogP) is 6.25. The fraction of sp³-hybridized carbons (Fsp3) is 0.179. The van der Waals surface area contributed by atoms with Crippen molar-refractivity contribution in [1.29, 1.82) is 0 Å². The van der Waals surface area contributed by atoms with Crippen molar-refractivity contribution in [3.05, 3.63) is 86.3 Å². The molecule has 0 spiro atoms. The fourth-order valence-electron chi connectivity index (χ4n) is 3.74. The summed E-state index contributed by atoms with van der Waals surface area (Å²) in [4.78, 5) is 40.2. The molecule has 8 nitrogen and oxygen atoms in total. The Morgan fingerprint density at radius 3 is 2.21 bits per heavy atom. The van der Waals surface area contributed by atoms with Gasteiger partial charge in [0.15, 0.2) is 0 Å². The number of carbonyl (C=O) groups excluding carboxylic acids is 3. The van der Waals surface area contributed by atoms with E-state index in [0.29, 0.717) is 36.0 Å². The van der Waals surface area contributed by atoms with Crippen LogP contribution in [-0.4, -0.2) is 31.1 Å². The highest BCUT2D eigenvalue weighted by atomic mass is 79.9. The Hall–Kier alpha value is -3.63. The number of hydrogen-bond donors (Lipinski definition) is 1. The van der Waals surface area contributed by atoms with Crippen LogP contribution in [0.4, 0.5) is 10.5 Å². The molecule has 0 bridgehead atoms. The highest BCUT2D eigenvalue weighted by Gasteiger charge is 2.38. The number of benzene rings is 3. The third-order valence-electron chi connectivity index (χ3n) is 5.46. The number of halogens is 2. The lowest BCUT2D eigenvalue weighted by Gasteiger charge is -2.28. The fourth-order valence-corrected chi connectivity index (χ4v) is 4.39. The van der Waals surface area contributed by atoms with Crippen molar-refractivity contribution >= 4 is 61.5 Å². The van der Waals surface area contributed by atoms with Crippen molar-refractivity contribution in [1.82, 2.24) is 5.32 Å². The summed E-state index contributed by atoms with van der Waals surface area (Å²) in [7, 11) is 0. The average Bonchev–Trinajstić information content (AvgIpc) is 2.88. The molecule has 1 fully saturated rings. The molecule has 1 saturated heterocycles. The van der Waals surface area contributed by atoms with Crippen molar-refractivity contribution in [3.8, 4) is 17.2 Å². The first-order valence-electron chi connectivity index (χ1n) is 11.8. The molecule has 1 aliphatic heterocycles. The Kier molecular flexibility index (Phi) is 8.85. The maximum atomic E-state index is 13.6. The highest BCUT2D eigenvalue weighted by Crippen LogP contribution is 2.35. The van der Waals surface area contributed by atoms with Crippen molar-refractivity contribution in [2.75, 3.05) is 18.1 Å². The summed E-state index contributed by atoms with van der Waals surface area (Å²) in [6, 6.07) is 16.9. The normalized spacial score (nSPS) is 14.5. The standard InChI is InChI=1S/C28H24Br2N2O6/c1-3-36-21-10-12-25(37-4-2)23(15-21)32-27(34)22(26(33)31-28(32)35)14-18-13-20(30)9-11-24(18)38-16-17-5-7-19(29)8-6-17/h5-15H,3-4,16H2,1-2H3,(H,31,33,35)/b22-14+. The molecule has 196 valence electrons. The Balaban J connectivity index is 1.71. The summed E-state index contributed by atoms with van der Waals surface area (Å²) in [5, 5.41) is 2.25. The van der Waals surface area contributed by atoms with Crippen molar-refractivity contribution in [2.24, 2.45) is 0 Å². The highest BCUT2D eigenvalue weighted by molar-refractivity contribution is 9.10. The molecule has 10 heteroatoms. The molecular weight excluding hydrogens is 620 g/mol. The molecule has 4 rings (SSSR count). The van der Waals surface area contributed by atoms with Crippen LogP contribution in [0.25, 0.3) is 6.08 Å². The topological polar surface area (TPSA) is 94.2 Å². The molecule has 0 aliphatic carbocycles. The summed E-state index contributed by atoms with van der Waals surface area (Å²) in [5.74, 6) is -0.402. The summed E-state index contributed by atoms with van der Waals surface area (Å²) >= 11 is 6.84. The lowest BCUT2D eigenvalue weighted by Crippen LogP contribution is -2.54. The van der Waals surface area contributed by atoms with E-state index in [1.807, 2.05) is 31.2 Å². The first-order chi connectivity index (χ1) is 18.3. The molecule has 1 N–H and O–H groups in total. The first-order valence-corrected chi connectivity index (χ1v) is 13.4. The van der Waals surface area contributed by atoms with Gasteiger partial charge in [-0.1, -0.05) is 44.0 Å². The number of anilines is 1. The maximum Gasteiger partial charge on any atom is 0.336 e. The minimum Gasteiger partial charge on any atom is -0.494 e. The molecule has 0 radical (unpaired) electrons. The number of barbiturate groups is 1. The number of rotatable bonds is 9. The molecule has 0 atom stereocenters. The molecule has 0 unspecified atom stereocenters. The monoisotopic (exact) mass is 642 g/mol. The second-order valence-corrected chi connectivity index (χ2v) is 9.88. The van der Waals surface area contributed by atoms with Crippen LogP contribution in [0, 0.1) is 0 Å². The number of imide groups is 2. The van der Waals surface area contributed by atoms with Crippen LogP contribution in [0.5, 0.6) is 17.2 Å². The smallest absolute Gasteiger partial charge is 0.336 e. The summed E-state index contributed by atoms with van der Waals surface area (Å²) < 4.78 is 18.9. The van der Waals surface area contributed by atoms with Gasteiger partial charge in [0.05, 0.1) is 18.9 Å². The van der Waals surface area contributed by atoms with Gasteiger partial charge in [-0.2, -0.15) is 0 Å². The molecule has 0 aromatic heterocycles. The van der Waals surface area contributed by atoms with E-state index in [4.69, 9.17) is 14.2 Å². The molecule has 1 heterocycles. The van der Waals surface area contributed by atoms with Crippen LogP contribution in [0.3, 0.4) is 0 Å². The number of ether oxygens (including phenoxy) is 3. The maximum absolute atomic E-state index is 13.6. The molecule has 3 aromatic rings. The predicted molar refractivity (Wildman–Crippen MR) is 150 cm³/mol. The Bertz CT molecular complexity index is 1400. The van der Waals surface area contributed by atoms with Gasteiger partial charge in [0.25, 0.3) is 11.8 Å². The summed E-state index contributed by atoms with van der Waals surface area (Å²) in [6.45, 7) is 4.59. The van der Waals surface area contributed by atoms with E-state index in [1.54, 1.807) is 37.3 Å². The van der Waals surface area contributed by atoms with Crippen molar-refractivity contribution in [3.63, 3.8) is 0 Å². The van der Waals surface area contributed by atoms with E-state index < -0.39 is 17.8 Å². The van der Waals surface area contributed by atoms with Gasteiger partial charge in [0, 0.05) is 20.6 Å². The summed E-state index contributed by atoms with van der Waals surface area (Å²) in [5.41, 5.74) is 1.35. The number of hydrogen-bond acceptors (Lipinski definition) is 6. The van der Waals surface area contributed by atoms with Gasteiger partial charge in [-0.3, -0.25) is 14.9 Å². The minimum absolute atomic E-state index is 0.166. The van der Waals surface area contributed by atoms with Crippen LogP contribution >= 0.6 is 31.9 Å². The van der Waals surface area contributed by atoms with Crippen LogP contribution in [0.2, 0.25) is 0 Å². The number of nitrogens with zero attached hydrogens (tertiary/aromatic N) is 1. The van der Waals surface area contributed by atoms with Gasteiger partial charge in [-0.05, 0) is 68.0 Å². The minimum atomic E-state index is -0.882. The Morgan fingerprint density at radius 2 is 1.50 bits per heavy atom. The number of urea groups is 1. The molecule has 4 amide bonds. The van der Waals surface area contributed by atoms with E-state index in [-0.39, 0.29) is 17.9 Å². The van der Waals surface area contributed by atoms with Gasteiger partial charge < -0.3 is 14.2 Å². The Labute approximate surface area is 236 Å². The number of carbonyl (C=O) groups is 3. The van der Waals surface area contributed by atoms with Crippen LogP contribution in [-0.2, 0) is 16.2 Å². The zero-order valence-electron chi connectivity index (χ0n) is 20.6.